The van der Waals surface area contributed by atoms with Crippen molar-refractivity contribution in [2.75, 3.05) is 45.8 Å². The molecule has 34 heavy (non-hydrogen) atoms. The molecular formula is C26H31N5O3. The Kier molecular flexibility index (Phi) is 5.20. The fourth-order valence-electron chi connectivity index (χ4n) is 5.22. The molecule has 3 fully saturated rings. The van der Waals surface area contributed by atoms with Crippen molar-refractivity contribution in [2.45, 2.75) is 37.7 Å². The molecule has 0 spiro atoms. The maximum Gasteiger partial charge on any atom is 0.228 e. The Bertz CT molecular complexity index is 1250. The quantitative estimate of drug-likeness (QED) is 0.606. The van der Waals surface area contributed by atoms with E-state index in [0.717, 1.165) is 60.3 Å². The van der Waals surface area contributed by atoms with Gasteiger partial charge in [0, 0.05) is 68.9 Å². The first-order valence-corrected chi connectivity index (χ1v) is 12.1. The van der Waals surface area contributed by atoms with Gasteiger partial charge in [0.15, 0.2) is 0 Å². The van der Waals surface area contributed by atoms with Crippen LogP contribution in [0.25, 0.3) is 16.7 Å². The summed E-state index contributed by atoms with van der Waals surface area (Å²) >= 11 is 0. The number of anilines is 1. The van der Waals surface area contributed by atoms with Crippen molar-refractivity contribution in [2.24, 2.45) is 5.92 Å². The SMILES string of the molecule is CO[C@@]1(c2cc(C)cc(-n3cc(C4CN(C)C4)c4cnc(NC(=O)C5CC5)cc43)n2)CCOC1. The number of carbonyl (C=O) groups is 1. The Balaban J connectivity index is 1.46. The molecule has 3 aliphatic rings. The lowest BCUT2D eigenvalue weighted by atomic mass is 9.92. The summed E-state index contributed by atoms with van der Waals surface area (Å²) in [5.74, 6) is 2.08. The first-order chi connectivity index (χ1) is 16.5. The van der Waals surface area contributed by atoms with Crippen LogP contribution in [0.4, 0.5) is 5.82 Å². The molecule has 0 aromatic carbocycles. The highest BCUT2D eigenvalue weighted by atomic mass is 16.5. The van der Waals surface area contributed by atoms with Crippen LogP contribution in [0.15, 0.2) is 30.6 Å². The van der Waals surface area contributed by atoms with Crippen LogP contribution in [0, 0.1) is 12.8 Å². The molecule has 1 atom stereocenters. The molecule has 3 aromatic heterocycles. The lowest BCUT2D eigenvalue weighted by molar-refractivity contribution is -0.117. The fourth-order valence-corrected chi connectivity index (χ4v) is 5.22. The number of methoxy groups -OCH3 is 1. The number of nitrogens with one attached hydrogen (secondary N) is 1. The van der Waals surface area contributed by atoms with Gasteiger partial charge in [0.2, 0.25) is 5.91 Å². The van der Waals surface area contributed by atoms with Crippen molar-refractivity contribution < 1.29 is 14.3 Å². The molecule has 1 amide bonds. The maximum atomic E-state index is 12.4. The average Bonchev–Trinajstić information content (AvgIpc) is 3.43. The summed E-state index contributed by atoms with van der Waals surface area (Å²) in [5, 5.41) is 4.11. The minimum Gasteiger partial charge on any atom is -0.378 e. The number of nitrogens with zero attached hydrogens (tertiary/aromatic N) is 4. The van der Waals surface area contributed by atoms with E-state index in [9.17, 15) is 4.79 Å². The third-order valence-electron chi connectivity index (χ3n) is 7.47. The molecule has 2 saturated heterocycles. The number of pyridine rings is 2. The number of ether oxygens (including phenoxy) is 2. The summed E-state index contributed by atoms with van der Waals surface area (Å²) in [6.45, 7) is 5.31. The van der Waals surface area contributed by atoms with Gasteiger partial charge in [-0.15, -0.1) is 0 Å². The molecule has 178 valence electrons. The van der Waals surface area contributed by atoms with Crippen molar-refractivity contribution in [3.63, 3.8) is 0 Å². The van der Waals surface area contributed by atoms with Gasteiger partial charge in [0.1, 0.15) is 17.2 Å². The number of likely N-dealkylation sites (N-methyl/N-ethyl adjacent to an activating group) is 1. The molecule has 1 N–H and O–H groups in total. The Morgan fingerprint density at radius 3 is 2.76 bits per heavy atom. The van der Waals surface area contributed by atoms with Crippen LogP contribution >= 0.6 is 0 Å². The van der Waals surface area contributed by atoms with Gasteiger partial charge in [0.25, 0.3) is 0 Å². The lowest BCUT2D eigenvalue weighted by Crippen LogP contribution is -2.41. The van der Waals surface area contributed by atoms with Crippen molar-refractivity contribution >= 4 is 22.6 Å². The lowest BCUT2D eigenvalue weighted by Gasteiger charge is -2.36. The van der Waals surface area contributed by atoms with Gasteiger partial charge >= 0.3 is 0 Å². The van der Waals surface area contributed by atoms with Crippen LogP contribution in [0.1, 0.15) is 42.0 Å². The Labute approximate surface area is 199 Å². The molecule has 0 radical (unpaired) electrons. The number of likely N-dealkylation sites (tertiary alicyclic amines) is 1. The van der Waals surface area contributed by atoms with Crippen LogP contribution in [0.2, 0.25) is 0 Å². The number of hydrogen-bond acceptors (Lipinski definition) is 6. The van der Waals surface area contributed by atoms with Gasteiger partial charge in [0.05, 0.1) is 17.8 Å². The fraction of sp³-hybridized carbons (Fsp3) is 0.500. The third kappa shape index (κ3) is 3.70. The normalized spacial score (nSPS) is 23.4. The Hall–Kier alpha value is -2.81. The van der Waals surface area contributed by atoms with Crippen molar-refractivity contribution in [3.8, 4) is 5.82 Å². The van der Waals surface area contributed by atoms with E-state index in [-0.39, 0.29) is 11.8 Å². The van der Waals surface area contributed by atoms with Crippen LogP contribution in [-0.2, 0) is 19.9 Å². The van der Waals surface area contributed by atoms with E-state index < -0.39 is 5.60 Å². The van der Waals surface area contributed by atoms with Gasteiger partial charge in [-0.2, -0.15) is 0 Å². The molecule has 0 unspecified atom stereocenters. The smallest absolute Gasteiger partial charge is 0.228 e. The number of aromatic nitrogens is 3. The highest BCUT2D eigenvalue weighted by molar-refractivity contribution is 5.95. The number of rotatable bonds is 6. The van der Waals surface area contributed by atoms with E-state index in [4.69, 9.17) is 14.5 Å². The van der Waals surface area contributed by atoms with Gasteiger partial charge in [-0.25, -0.2) is 9.97 Å². The van der Waals surface area contributed by atoms with Gasteiger partial charge < -0.3 is 24.3 Å². The number of aryl methyl sites for hydroxylation is 1. The topological polar surface area (TPSA) is 81.5 Å². The molecule has 2 aliphatic heterocycles. The summed E-state index contributed by atoms with van der Waals surface area (Å²) in [6, 6.07) is 6.18. The van der Waals surface area contributed by atoms with Gasteiger partial charge in [-0.1, -0.05) is 0 Å². The number of fused-ring (bicyclic) bond motifs is 1. The minimum absolute atomic E-state index is 0.0602. The molecule has 8 nitrogen and oxygen atoms in total. The van der Waals surface area contributed by atoms with E-state index >= 15 is 0 Å². The predicted molar refractivity (Wildman–Crippen MR) is 129 cm³/mol. The standard InChI is InChI=1S/C26H31N5O3/c1-16-8-22(26(33-3)6-7-34-15-26)28-24(9-16)31-14-20(18-12-30(2)13-18)19-11-27-23(10-21(19)31)29-25(32)17-4-5-17/h8-11,14,17-18H,4-7,12-13,15H2,1-3H3,(H,27,29,32)/t26-/m0/s1. The second kappa shape index (κ2) is 8.15. The average molecular weight is 462 g/mol. The predicted octanol–water partition coefficient (Wildman–Crippen LogP) is 3.37. The Morgan fingerprint density at radius 1 is 1.26 bits per heavy atom. The van der Waals surface area contributed by atoms with E-state index in [1.165, 1.54) is 5.56 Å². The van der Waals surface area contributed by atoms with Crippen LogP contribution in [0.5, 0.6) is 0 Å². The molecule has 5 heterocycles. The Morgan fingerprint density at radius 2 is 2.09 bits per heavy atom. The van der Waals surface area contributed by atoms with E-state index in [0.29, 0.717) is 24.9 Å². The second-order valence-corrected chi connectivity index (χ2v) is 10.1. The van der Waals surface area contributed by atoms with Crippen LogP contribution < -0.4 is 5.32 Å². The number of carbonyl (C=O) groups excluding carboxylic acids is 1. The summed E-state index contributed by atoms with van der Waals surface area (Å²) in [7, 11) is 3.87. The van der Waals surface area contributed by atoms with Gasteiger partial charge in [-0.3, -0.25) is 4.79 Å². The van der Waals surface area contributed by atoms with Crippen molar-refractivity contribution in [1.29, 1.82) is 0 Å². The molecular weight excluding hydrogens is 430 g/mol. The van der Waals surface area contributed by atoms with E-state index in [1.807, 2.05) is 12.3 Å². The molecule has 8 heteroatoms. The number of hydrogen-bond donors (Lipinski definition) is 1. The molecule has 3 aromatic rings. The summed E-state index contributed by atoms with van der Waals surface area (Å²) in [5.41, 5.74) is 3.77. The maximum absolute atomic E-state index is 12.4. The molecule has 0 bridgehead atoms. The van der Waals surface area contributed by atoms with E-state index in [2.05, 4.69) is 52.1 Å². The van der Waals surface area contributed by atoms with E-state index in [1.54, 1.807) is 7.11 Å². The monoisotopic (exact) mass is 461 g/mol. The highest BCUT2D eigenvalue weighted by Gasteiger charge is 2.39. The highest BCUT2D eigenvalue weighted by Crippen LogP contribution is 2.37. The van der Waals surface area contributed by atoms with Crippen molar-refractivity contribution in [1.82, 2.24) is 19.4 Å². The van der Waals surface area contributed by atoms with Crippen LogP contribution in [0.3, 0.4) is 0 Å². The number of amides is 1. The first kappa shape index (κ1) is 21.7. The second-order valence-electron chi connectivity index (χ2n) is 10.1. The zero-order chi connectivity index (χ0) is 23.4. The largest absolute Gasteiger partial charge is 0.378 e. The zero-order valence-electron chi connectivity index (χ0n) is 20.0. The molecule has 1 aliphatic carbocycles. The summed E-state index contributed by atoms with van der Waals surface area (Å²) in [6.07, 6.45) is 6.81. The zero-order valence-corrected chi connectivity index (χ0v) is 20.0. The molecule has 1 saturated carbocycles. The van der Waals surface area contributed by atoms with Gasteiger partial charge in [-0.05, 0) is 50.1 Å². The minimum atomic E-state index is -0.520. The van der Waals surface area contributed by atoms with Crippen molar-refractivity contribution in [3.05, 3.63) is 47.4 Å². The van der Waals surface area contributed by atoms with Crippen LogP contribution in [-0.4, -0.2) is 65.8 Å². The summed E-state index contributed by atoms with van der Waals surface area (Å²) < 4.78 is 13.8. The first-order valence-electron chi connectivity index (χ1n) is 12.1. The summed E-state index contributed by atoms with van der Waals surface area (Å²) in [4.78, 5) is 24.4. The third-order valence-corrected chi connectivity index (χ3v) is 7.47. The molecule has 6 rings (SSSR count).